The van der Waals surface area contributed by atoms with E-state index >= 15 is 0 Å². The molecule has 2 N–H and O–H groups in total. The van der Waals surface area contributed by atoms with Gasteiger partial charge in [0.25, 0.3) is 9.70 Å². The second-order valence-corrected chi connectivity index (χ2v) is 8.62. The average molecular weight is 435 g/mol. The molecule has 28 heavy (non-hydrogen) atoms. The van der Waals surface area contributed by atoms with Crippen LogP contribution in [0.15, 0.2) is 91.0 Å². The largest absolute Gasteiger partial charge is 0.366 e. The molecule has 0 bridgehead atoms. The van der Waals surface area contributed by atoms with E-state index in [0.717, 1.165) is 11.1 Å². The van der Waals surface area contributed by atoms with Gasteiger partial charge in [0, 0.05) is 5.56 Å². The number of aliphatic hydroxyl groups is 1. The van der Waals surface area contributed by atoms with Crippen LogP contribution in [0.5, 0.6) is 0 Å². The lowest BCUT2D eigenvalue weighted by Crippen LogP contribution is -2.53. The molecule has 0 aliphatic heterocycles. The Balaban J connectivity index is 2.21. The van der Waals surface area contributed by atoms with Gasteiger partial charge in [-0.2, -0.15) is 0 Å². The van der Waals surface area contributed by atoms with Crippen LogP contribution in [0.3, 0.4) is 0 Å². The van der Waals surface area contributed by atoms with Crippen molar-refractivity contribution in [3.05, 3.63) is 108 Å². The van der Waals surface area contributed by atoms with Gasteiger partial charge in [0.15, 0.2) is 5.72 Å². The molecule has 1 atom stereocenters. The molecule has 6 heteroatoms. The number of hydrogen-bond donors (Lipinski definition) is 2. The molecule has 3 nitrogen and oxygen atoms in total. The second-order valence-electron chi connectivity index (χ2n) is 6.34. The molecule has 144 valence electrons. The summed E-state index contributed by atoms with van der Waals surface area (Å²) in [5.41, 5.74) is 0.204. The first-order chi connectivity index (χ1) is 13.3. The summed E-state index contributed by atoms with van der Waals surface area (Å²) in [5.74, 6) is -1.56. The van der Waals surface area contributed by atoms with Crippen molar-refractivity contribution in [2.45, 2.75) is 15.4 Å². The Morgan fingerprint density at radius 3 is 1.54 bits per heavy atom. The maximum absolute atomic E-state index is 12.6. The fraction of sp³-hybridized carbons (Fsp3) is 0.136. The lowest BCUT2D eigenvalue weighted by molar-refractivity contribution is -0.129. The van der Waals surface area contributed by atoms with Crippen molar-refractivity contribution in [3.8, 4) is 0 Å². The van der Waals surface area contributed by atoms with Gasteiger partial charge in [-0.3, -0.25) is 4.79 Å². The van der Waals surface area contributed by atoms with Gasteiger partial charge in [-0.25, -0.2) is 0 Å². The van der Waals surface area contributed by atoms with Gasteiger partial charge in [0.05, 0.1) is 5.92 Å². The molecule has 0 radical (unpaired) electrons. The van der Waals surface area contributed by atoms with E-state index in [9.17, 15) is 9.90 Å². The Morgan fingerprint density at radius 1 is 0.750 bits per heavy atom. The van der Waals surface area contributed by atoms with Crippen molar-refractivity contribution in [2.24, 2.45) is 0 Å². The Kier molecular flexibility index (Phi) is 6.31. The van der Waals surface area contributed by atoms with Crippen LogP contribution in [0.25, 0.3) is 0 Å². The summed E-state index contributed by atoms with van der Waals surface area (Å²) in [6.45, 7) is 0. The van der Waals surface area contributed by atoms with Crippen molar-refractivity contribution >= 4 is 40.7 Å². The first kappa shape index (κ1) is 20.7. The third kappa shape index (κ3) is 4.50. The molecule has 0 spiro atoms. The van der Waals surface area contributed by atoms with Crippen LogP contribution in [0.1, 0.15) is 22.6 Å². The molecular formula is C22H18Cl3NO2. The predicted octanol–water partition coefficient (Wildman–Crippen LogP) is 5.15. The highest BCUT2D eigenvalue weighted by atomic mass is 35.6. The number of benzene rings is 3. The Bertz CT molecular complexity index is 875. The zero-order valence-electron chi connectivity index (χ0n) is 14.7. The third-order valence-corrected chi connectivity index (χ3v) is 4.97. The van der Waals surface area contributed by atoms with Gasteiger partial charge >= 0.3 is 0 Å². The van der Waals surface area contributed by atoms with E-state index in [0.29, 0.717) is 5.56 Å². The highest BCUT2D eigenvalue weighted by molar-refractivity contribution is 6.76. The molecule has 0 fully saturated rings. The smallest absolute Gasteiger partial charge is 0.274 e. The summed E-state index contributed by atoms with van der Waals surface area (Å²) in [5, 5.41) is 14.4. The fourth-order valence-corrected chi connectivity index (χ4v) is 3.35. The monoisotopic (exact) mass is 433 g/mol. The molecule has 3 aromatic rings. The standard InChI is InChI=1S/C22H18Cl3NO2/c23-22(24,25)20(27)26-21(28,18-14-8-3-9-15-18)19(16-10-4-1-5-11-16)17-12-6-2-7-13-17/h1-15,19,28H,(H,26,27). The lowest BCUT2D eigenvalue weighted by atomic mass is 9.78. The number of carbonyl (C=O) groups excluding carboxylic acids is 1. The van der Waals surface area contributed by atoms with Crippen LogP contribution < -0.4 is 5.32 Å². The quantitative estimate of drug-likeness (QED) is 0.431. The molecule has 3 aromatic carbocycles. The first-order valence-electron chi connectivity index (χ1n) is 8.59. The molecule has 0 saturated heterocycles. The third-order valence-electron chi connectivity index (χ3n) is 4.46. The van der Waals surface area contributed by atoms with Crippen LogP contribution in [-0.4, -0.2) is 14.8 Å². The minimum atomic E-state index is -2.22. The topological polar surface area (TPSA) is 49.3 Å². The molecular weight excluding hydrogens is 417 g/mol. The van der Waals surface area contributed by atoms with Gasteiger partial charge in [0.2, 0.25) is 0 Å². The van der Waals surface area contributed by atoms with Crippen LogP contribution >= 0.6 is 34.8 Å². The molecule has 3 rings (SSSR count). The van der Waals surface area contributed by atoms with Gasteiger partial charge in [-0.15, -0.1) is 0 Å². The van der Waals surface area contributed by atoms with Crippen molar-refractivity contribution in [1.29, 1.82) is 0 Å². The van der Waals surface area contributed by atoms with Crippen molar-refractivity contribution < 1.29 is 9.90 Å². The van der Waals surface area contributed by atoms with Crippen LogP contribution in [-0.2, 0) is 10.5 Å². The van der Waals surface area contributed by atoms with E-state index in [2.05, 4.69) is 5.32 Å². The summed E-state index contributed by atoms with van der Waals surface area (Å²) >= 11 is 17.3. The van der Waals surface area contributed by atoms with Crippen LogP contribution in [0.4, 0.5) is 0 Å². The number of rotatable bonds is 5. The van der Waals surface area contributed by atoms with E-state index in [1.165, 1.54) is 0 Å². The van der Waals surface area contributed by atoms with E-state index < -0.39 is 21.3 Å². The molecule has 0 aliphatic carbocycles. The summed E-state index contributed by atoms with van der Waals surface area (Å²) in [6, 6.07) is 27.6. The lowest BCUT2D eigenvalue weighted by Gasteiger charge is -2.38. The fourth-order valence-electron chi connectivity index (χ4n) is 3.21. The Morgan fingerprint density at radius 2 is 1.14 bits per heavy atom. The summed E-state index contributed by atoms with van der Waals surface area (Å²) in [4.78, 5) is 12.6. The maximum Gasteiger partial charge on any atom is 0.274 e. The molecule has 1 unspecified atom stereocenters. The van der Waals surface area contributed by atoms with Crippen molar-refractivity contribution in [3.63, 3.8) is 0 Å². The van der Waals surface area contributed by atoms with E-state index in [1.54, 1.807) is 24.3 Å². The minimum absolute atomic E-state index is 0.468. The number of halogens is 3. The molecule has 0 aliphatic rings. The van der Waals surface area contributed by atoms with Gasteiger partial charge in [-0.05, 0) is 11.1 Å². The highest BCUT2D eigenvalue weighted by Crippen LogP contribution is 2.41. The van der Waals surface area contributed by atoms with Gasteiger partial charge < -0.3 is 10.4 Å². The SMILES string of the molecule is O=C(NC(O)(c1ccccc1)C(c1ccccc1)c1ccccc1)C(Cl)(Cl)Cl. The molecule has 0 heterocycles. The number of alkyl halides is 3. The van der Waals surface area contributed by atoms with E-state index in [1.807, 2.05) is 66.7 Å². The molecule has 0 saturated carbocycles. The molecule has 1 amide bonds. The average Bonchev–Trinajstić information content (AvgIpc) is 2.70. The Hall–Kier alpha value is -2.04. The Labute approximate surface area is 178 Å². The number of hydrogen-bond acceptors (Lipinski definition) is 2. The van der Waals surface area contributed by atoms with Crippen molar-refractivity contribution in [2.75, 3.05) is 0 Å². The predicted molar refractivity (Wildman–Crippen MR) is 113 cm³/mol. The second kappa shape index (κ2) is 8.54. The van der Waals surface area contributed by atoms with Crippen LogP contribution in [0.2, 0.25) is 0 Å². The first-order valence-corrected chi connectivity index (χ1v) is 9.73. The molecule has 0 aromatic heterocycles. The van der Waals surface area contributed by atoms with Gasteiger partial charge in [-0.1, -0.05) is 126 Å². The highest BCUT2D eigenvalue weighted by Gasteiger charge is 2.45. The van der Waals surface area contributed by atoms with Crippen molar-refractivity contribution in [1.82, 2.24) is 5.32 Å². The maximum atomic E-state index is 12.6. The summed E-state index contributed by atoms with van der Waals surface area (Å²) in [7, 11) is 0. The number of carbonyl (C=O) groups is 1. The summed E-state index contributed by atoms with van der Waals surface area (Å²) < 4.78 is -2.22. The normalized spacial score (nSPS) is 13.8. The van der Waals surface area contributed by atoms with E-state index in [4.69, 9.17) is 34.8 Å². The number of nitrogens with one attached hydrogen (secondary N) is 1. The summed E-state index contributed by atoms with van der Waals surface area (Å²) in [6.07, 6.45) is 0. The minimum Gasteiger partial charge on any atom is -0.366 e. The van der Waals surface area contributed by atoms with Gasteiger partial charge in [0.1, 0.15) is 0 Å². The number of amides is 1. The van der Waals surface area contributed by atoms with E-state index in [-0.39, 0.29) is 0 Å². The zero-order valence-corrected chi connectivity index (χ0v) is 17.0. The van der Waals surface area contributed by atoms with Crippen LogP contribution in [0, 0.1) is 0 Å². The zero-order chi connectivity index (χ0) is 20.2.